The number of fused-ring (bicyclic) bond motifs is 1. The van der Waals surface area contributed by atoms with Crippen molar-refractivity contribution in [2.45, 2.75) is 20.0 Å². The van der Waals surface area contributed by atoms with E-state index in [-0.39, 0.29) is 0 Å². The third kappa shape index (κ3) is 3.67. The highest BCUT2D eigenvalue weighted by Crippen LogP contribution is 2.21. The molecule has 2 N–H and O–H groups in total. The average molecular weight is 357 g/mol. The van der Waals surface area contributed by atoms with E-state index in [1.165, 1.54) is 6.92 Å². The highest BCUT2D eigenvalue weighted by atomic mass is 35.5. The first-order valence-corrected chi connectivity index (χ1v) is 8.17. The van der Waals surface area contributed by atoms with Crippen LogP contribution in [0.25, 0.3) is 10.9 Å². The van der Waals surface area contributed by atoms with Crippen molar-refractivity contribution in [1.82, 2.24) is 4.98 Å². The number of nitrogens with one attached hydrogen (secondary N) is 2. The van der Waals surface area contributed by atoms with E-state index in [0.717, 1.165) is 16.5 Å². The Balaban J connectivity index is 1.71. The minimum absolute atomic E-state index is 0.397. The van der Waals surface area contributed by atoms with E-state index in [9.17, 15) is 9.59 Å². The molecule has 0 saturated heterocycles. The van der Waals surface area contributed by atoms with Gasteiger partial charge in [0, 0.05) is 27.8 Å². The minimum atomic E-state index is -0.945. The smallest absolute Gasteiger partial charge is 0.341 e. The zero-order valence-corrected chi connectivity index (χ0v) is 14.6. The number of ether oxygens (including phenoxy) is 1. The zero-order valence-electron chi connectivity index (χ0n) is 13.8. The van der Waals surface area contributed by atoms with E-state index in [1.807, 2.05) is 31.2 Å². The predicted octanol–water partition coefficient (Wildman–Crippen LogP) is 4.31. The van der Waals surface area contributed by atoms with Gasteiger partial charge in [0.25, 0.3) is 5.91 Å². The van der Waals surface area contributed by atoms with E-state index in [0.29, 0.717) is 16.3 Å². The molecule has 0 aliphatic carbocycles. The zero-order chi connectivity index (χ0) is 18.0. The number of rotatable bonds is 4. The van der Waals surface area contributed by atoms with Crippen LogP contribution in [0.1, 0.15) is 22.8 Å². The number of aromatic amines is 1. The van der Waals surface area contributed by atoms with E-state index in [1.54, 1.807) is 24.4 Å². The quantitative estimate of drug-likeness (QED) is 0.684. The topological polar surface area (TPSA) is 71.2 Å². The van der Waals surface area contributed by atoms with Crippen molar-refractivity contribution in [2.75, 3.05) is 5.32 Å². The van der Waals surface area contributed by atoms with Crippen molar-refractivity contribution in [3.05, 3.63) is 64.8 Å². The number of aryl methyl sites for hydroxylation is 1. The third-order valence-electron chi connectivity index (χ3n) is 3.92. The van der Waals surface area contributed by atoms with Crippen LogP contribution in [0.5, 0.6) is 0 Å². The summed E-state index contributed by atoms with van der Waals surface area (Å²) < 4.78 is 5.30. The molecule has 1 aromatic heterocycles. The first-order chi connectivity index (χ1) is 12.0. The lowest BCUT2D eigenvalue weighted by atomic mass is 10.2. The Bertz CT molecular complexity index is 949. The van der Waals surface area contributed by atoms with Gasteiger partial charge in [-0.05, 0) is 37.6 Å². The van der Waals surface area contributed by atoms with Gasteiger partial charge >= 0.3 is 5.97 Å². The normalized spacial score (nSPS) is 12.0. The van der Waals surface area contributed by atoms with Crippen molar-refractivity contribution in [3.63, 3.8) is 0 Å². The molecule has 0 aliphatic heterocycles. The standard InChI is InChI=1S/C19H17ClN2O3/c1-11-7-8-13(20)9-17(11)22-18(23)12(2)25-19(24)15-10-21-16-6-4-3-5-14(15)16/h3-10,12,21H,1-2H3,(H,22,23)/t12-/m0/s1. The second-order valence-electron chi connectivity index (χ2n) is 5.74. The van der Waals surface area contributed by atoms with Crippen molar-refractivity contribution in [1.29, 1.82) is 0 Å². The predicted molar refractivity (Wildman–Crippen MR) is 98.0 cm³/mol. The molecule has 0 aliphatic rings. The molecule has 0 spiro atoms. The van der Waals surface area contributed by atoms with E-state index < -0.39 is 18.0 Å². The molecule has 0 radical (unpaired) electrons. The number of carbonyl (C=O) groups is 2. The van der Waals surface area contributed by atoms with Crippen LogP contribution in [-0.4, -0.2) is 23.0 Å². The Labute approximate surface area is 149 Å². The van der Waals surface area contributed by atoms with Crippen LogP contribution in [0.2, 0.25) is 5.02 Å². The maximum atomic E-state index is 12.4. The average Bonchev–Trinajstić information content (AvgIpc) is 3.02. The molecule has 1 amide bonds. The van der Waals surface area contributed by atoms with Crippen molar-refractivity contribution in [2.24, 2.45) is 0 Å². The summed E-state index contributed by atoms with van der Waals surface area (Å²) in [4.78, 5) is 27.7. The van der Waals surface area contributed by atoms with Crippen molar-refractivity contribution < 1.29 is 14.3 Å². The largest absolute Gasteiger partial charge is 0.449 e. The second kappa shape index (κ2) is 6.99. The molecule has 5 nitrogen and oxygen atoms in total. The van der Waals surface area contributed by atoms with Gasteiger partial charge in [-0.1, -0.05) is 35.9 Å². The summed E-state index contributed by atoms with van der Waals surface area (Å²) in [6.45, 7) is 3.39. The van der Waals surface area contributed by atoms with Gasteiger partial charge in [0.1, 0.15) is 0 Å². The summed E-state index contributed by atoms with van der Waals surface area (Å²) in [6, 6.07) is 12.6. The molecule has 6 heteroatoms. The van der Waals surface area contributed by atoms with Gasteiger partial charge in [-0.3, -0.25) is 4.79 Å². The summed E-state index contributed by atoms with van der Waals surface area (Å²) in [5, 5.41) is 4.00. The van der Waals surface area contributed by atoms with Crippen LogP contribution in [0, 0.1) is 6.92 Å². The molecule has 0 saturated carbocycles. The Morgan fingerprint density at radius 2 is 1.96 bits per heavy atom. The number of anilines is 1. The van der Waals surface area contributed by atoms with Crippen LogP contribution in [-0.2, 0) is 9.53 Å². The molecule has 25 heavy (non-hydrogen) atoms. The second-order valence-corrected chi connectivity index (χ2v) is 6.18. The first-order valence-electron chi connectivity index (χ1n) is 7.80. The fourth-order valence-corrected chi connectivity index (χ4v) is 2.65. The lowest BCUT2D eigenvalue weighted by molar-refractivity contribution is -0.123. The summed E-state index contributed by atoms with van der Waals surface area (Å²) in [5.41, 5.74) is 2.69. The molecule has 3 rings (SSSR count). The number of para-hydroxylation sites is 1. The maximum Gasteiger partial charge on any atom is 0.341 e. The van der Waals surface area contributed by atoms with Gasteiger partial charge in [-0.15, -0.1) is 0 Å². The Hall–Kier alpha value is -2.79. The summed E-state index contributed by atoms with van der Waals surface area (Å²) in [6.07, 6.45) is 0.637. The number of hydrogen-bond donors (Lipinski definition) is 2. The van der Waals surface area contributed by atoms with Crippen LogP contribution in [0.3, 0.4) is 0 Å². The first kappa shape index (κ1) is 17.0. The number of H-pyrrole nitrogens is 1. The van der Waals surface area contributed by atoms with Crippen LogP contribution >= 0.6 is 11.6 Å². The van der Waals surface area contributed by atoms with Gasteiger partial charge in [0.2, 0.25) is 0 Å². The fraction of sp³-hybridized carbons (Fsp3) is 0.158. The Morgan fingerprint density at radius 3 is 2.76 bits per heavy atom. The molecule has 1 atom stereocenters. The Kier molecular flexibility index (Phi) is 4.76. The van der Waals surface area contributed by atoms with Gasteiger partial charge in [0.15, 0.2) is 6.10 Å². The van der Waals surface area contributed by atoms with Gasteiger partial charge in [-0.25, -0.2) is 4.79 Å². The number of halogens is 1. The Morgan fingerprint density at radius 1 is 1.20 bits per heavy atom. The maximum absolute atomic E-state index is 12.4. The molecule has 0 unspecified atom stereocenters. The molecule has 0 bridgehead atoms. The van der Waals surface area contributed by atoms with E-state index in [2.05, 4.69) is 10.3 Å². The minimum Gasteiger partial charge on any atom is -0.449 e. The van der Waals surface area contributed by atoms with Crippen molar-refractivity contribution >= 4 is 40.1 Å². The van der Waals surface area contributed by atoms with Gasteiger partial charge < -0.3 is 15.0 Å². The molecule has 128 valence electrons. The van der Waals surface area contributed by atoms with E-state index >= 15 is 0 Å². The molecule has 1 heterocycles. The number of carbonyl (C=O) groups excluding carboxylic acids is 2. The van der Waals surface area contributed by atoms with Crippen LogP contribution in [0.4, 0.5) is 5.69 Å². The fourth-order valence-electron chi connectivity index (χ4n) is 2.48. The van der Waals surface area contributed by atoms with Gasteiger partial charge in [-0.2, -0.15) is 0 Å². The molecule has 2 aromatic carbocycles. The number of benzene rings is 2. The number of esters is 1. The SMILES string of the molecule is Cc1ccc(Cl)cc1NC(=O)[C@H](C)OC(=O)c1c[nH]c2ccccc12. The number of amides is 1. The summed E-state index contributed by atoms with van der Waals surface area (Å²) >= 11 is 5.95. The lowest BCUT2D eigenvalue weighted by Crippen LogP contribution is -2.30. The molecular weight excluding hydrogens is 340 g/mol. The van der Waals surface area contributed by atoms with E-state index in [4.69, 9.17) is 16.3 Å². The highest BCUT2D eigenvalue weighted by Gasteiger charge is 2.21. The van der Waals surface area contributed by atoms with Crippen LogP contribution < -0.4 is 5.32 Å². The van der Waals surface area contributed by atoms with Crippen molar-refractivity contribution in [3.8, 4) is 0 Å². The monoisotopic (exact) mass is 356 g/mol. The lowest BCUT2D eigenvalue weighted by Gasteiger charge is -2.14. The summed E-state index contributed by atoms with van der Waals surface area (Å²) in [7, 11) is 0. The molecular formula is C19H17ClN2O3. The van der Waals surface area contributed by atoms with Crippen LogP contribution in [0.15, 0.2) is 48.7 Å². The number of hydrogen-bond acceptors (Lipinski definition) is 3. The van der Waals surface area contributed by atoms with Gasteiger partial charge in [0.05, 0.1) is 5.56 Å². The summed E-state index contributed by atoms with van der Waals surface area (Å²) in [5.74, 6) is -0.971. The third-order valence-corrected chi connectivity index (χ3v) is 4.15. The molecule has 3 aromatic rings. The molecule has 0 fully saturated rings. The number of aromatic nitrogens is 1. The highest BCUT2D eigenvalue weighted by molar-refractivity contribution is 6.31.